The molecule has 0 bridgehead atoms. The standard InChI is InChI=1S/C24H34N4O6S2/c1-12-5-6-13(2)16(7-12)10-27-11-18(8-17(27)9-26-36(25,33)34)35-22-14(3)20-19(15(4)29)23(30)28(20)21(22)24(31)32/h5-7,14-15,17-20,26,29H,8-11H2,1-4H3,(H,31,32)(H2,25,33,34)/t14-,15-,17+,18+,19-,20-/m1/s1. The zero-order valence-electron chi connectivity index (χ0n) is 20.8. The van der Waals surface area contributed by atoms with E-state index in [4.69, 9.17) is 5.14 Å². The van der Waals surface area contributed by atoms with Gasteiger partial charge in [-0.15, -0.1) is 11.8 Å². The molecule has 0 aromatic heterocycles. The van der Waals surface area contributed by atoms with Crippen molar-refractivity contribution in [1.82, 2.24) is 14.5 Å². The van der Waals surface area contributed by atoms with Crippen LogP contribution in [0.4, 0.5) is 0 Å². The van der Waals surface area contributed by atoms with E-state index in [9.17, 15) is 28.2 Å². The van der Waals surface area contributed by atoms with E-state index in [1.54, 1.807) is 6.92 Å². The minimum atomic E-state index is -3.86. The lowest BCUT2D eigenvalue weighted by atomic mass is 9.79. The van der Waals surface area contributed by atoms with Gasteiger partial charge in [-0.3, -0.25) is 9.69 Å². The van der Waals surface area contributed by atoms with Gasteiger partial charge >= 0.3 is 5.97 Å². The third kappa shape index (κ3) is 5.20. The highest BCUT2D eigenvalue weighted by Gasteiger charge is 2.60. The third-order valence-corrected chi connectivity index (χ3v) is 9.56. The number of carboxylic acids is 1. The number of thioether (sulfide) groups is 1. The van der Waals surface area contributed by atoms with E-state index in [0.717, 1.165) is 16.7 Å². The zero-order valence-corrected chi connectivity index (χ0v) is 22.5. The van der Waals surface area contributed by atoms with Crippen molar-refractivity contribution < 1.29 is 28.2 Å². The lowest BCUT2D eigenvalue weighted by Gasteiger charge is -2.46. The Kier molecular flexibility index (Phi) is 7.58. The van der Waals surface area contributed by atoms with Gasteiger partial charge in [-0.1, -0.05) is 30.7 Å². The summed E-state index contributed by atoms with van der Waals surface area (Å²) in [7, 11) is -3.86. The number of aliphatic hydroxyl groups is 1. The van der Waals surface area contributed by atoms with Crippen LogP contribution in [0.3, 0.4) is 0 Å². The Morgan fingerprint density at radius 2 is 2.03 bits per heavy atom. The number of aryl methyl sites for hydroxylation is 2. The highest BCUT2D eigenvalue weighted by Crippen LogP contribution is 2.52. The zero-order chi connectivity index (χ0) is 26.5. The molecule has 1 aromatic carbocycles. The second-order valence-corrected chi connectivity index (χ2v) is 12.9. The second-order valence-electron chi connectivity index (χ2n) is 10.2. The Bertz CT molecular complexity index is 1200. The van der Waals surface area contributed by atoms with Crippen molar-refractivity contribution in [2.75, 3.05) is 13.1 Å². The fourth-order valence-corrected chi connectivity index (χ4v) is 7.71. The maximum atomic E-state index is 12.6. The number of β-lactam (4-membered cyclic amide) rings is 1. The molecular formula is C24H34N4O6S2. The number of hydrogen-bond donors (Lipinski definition) is 4. The summed E-state index contributed by atoms with van der Waals surface area (Å²) in [4.78, 5) is 29.0. The van der Waals surface area contributed by atoms with Crippen molar-refractivity contribution in [3.63, 3.8) is 0 Å². The number of fused-ring (bicyclic) bond motifs is 1. The summed E-state index contributed by atoms with van der Waals surface area (Å²) in [6.07, 6.45) is -0.228. The Labute approximate surface area is 216 Å². The summed E-state index contributed by atoms with van der Waals surface area (Å²) in [6, 6.07) is 5.74. The smallest absolute Gasteiger partial charge is 0.353 e. The minimum Gasteiger partial charge on any atom is -0.477 e. The number of nitrogens with zero attached hydrogens (tertiary/aromatic N) is 2. The predicted octanol–water partition coefficient (Wildman–Crippen LogP) is 0.926. The molecule has 198 valence electrons. The molecule has 5 N–H and O–H groups in total. The first-order valence-electron chi connectivity index (χ1n) is 12.0. The minimum absolute atomic E-state index is 0.00610. The summed E-state index contributed by atoms with van der Waals surface area (Å²) < 4.78 is 25.6. The van der Waals surface area contributed by atoms with Crippen LogP contribution in [0.15, 0.2) is 28.8 Å². The van der Waals surface area contributed by atoms with E-state index in [2.05, 4.69) is 21.8 Å². The quantitative estimate of drug-likeness (QED) is 0.339. The topological polar surface area (TPSA) is 153 Å². The fourth-order valence-electron chi connectivity index (χ4n) is 5.69. The maximum Gasteiger partial charge on any atom is 0.353 e. The molecule has 1 amide bonds. The number of benzene rings is 1. The van der Waals surface area contributed by atoms with E-state index in [-0.39, 0.29) is 41.4 Å². The number of carboxylic acid groups (broad SMARTS) is 1. The molecule has 3 heterocycles. The summed E-state index contributed by atoms with van der Waals surface area (Å²) >= 11 is 1.45. The molecule has 4 rings (SSSR count). The molecular weight excluding hydrogens is 504 g/mol. The second kappa shape index (κ2) is 10.1. The molecule has 1 aromatic rings. The van der Waals surface area contributed by atoms with Crippen molar-refractivity contribution in [2.24, 2.45) is 17.0 Å². The first kappa shape index (κ1) is 27.1. The normalized spacial score (nSPS) is 29.4. The first-order valence-corrected chi connectivity index (χ1v) is 14.4. The molecule has 12 heteroatoms. The molecule has 10 nitrogen and oxygen atoms in total. The van der Waals surface area contributed by atoms with Gasteiger partial charge in [0.25, 0.3) is 10.2 Å². The lowest BCUT2D eigenvalue weighted by Crippen LogP contribution is -2.63. The van der Waals surface area contributed by atoms with Gasteiger partial charge in [-0.25, -0.2) is 14.7 Å². The van der Waals surface area contributed by atoms with Gasteiger partial charge in [-0.05, 0) is 38.3 Å². The Morgan fingerprint density at radius 1 is 1.33 bits per heavy atom. The number of carbonyl (C=O) groups excluding carboxylic acids is 1. The van der Waals surface area contributed by atoms with Crippen molar-refractivity contribution in [3.05, 3.63) is 45.5 Å². The van der Waals surface area contributed by atoms with Crippen LogP contribution in [0.1, 0.15) is 37.0 Å². The maximum absolute atomic E-state index is 12.6. The molecule has 0 aliphatic carbocycles. The molecule has 3 aliphatic heterocycles. The van der Waals surface area contributed by atoms with Crippen molar-refractivity contribution in [2.45, 2.75) is 64.1 Å². The summed E-state index contributed by atoms with van der Waals surface area (Å²) in [6.45, 7) is 8.93. The van der Waals surface area contributed by atoms with E-state index in [1.165, 1.54) is 16.7 Å². The predicted molar refractivity (Wildman–Crippen MR) is 137 cm³/mol. The monoisotopic (exact) mass is 538 g/mol. The molecule has 0 radical (unpaired) electrons. The molecule has 0 spiro atoms. The van der Waals surface area contributed by atoms with Gasteiger partial charge in [-0.2, -0.15) is 8.42 Å². The summed E-state index contributed by atoms with van der Waals surface area (Å²) in [5.41, 5.74) is 3.43. The van der Waals surface area contributed by atoms with Gasteiger partial charge in [0, 0.05) is 41.7 Å². The third-order valence-electron chi connectivity index (χ3n) is 7.49. The average molecular weight is 539 g/mol. The summed E-state index contributed by atoms with van der Waals surface area (Å²) in [5, 5.41) is 25.2. The Morgan fingerprint density at radius 3 is 2.64 bits per heavy atom. The number of likely N-dealkylation sites (tertiary alicyclic amines) is 1. The molecule has 36 heavy (non-hydrogen) atoms. The molecule has 2 fully saturated rings. The van der Waals surface area contributed by atoms with E-state index in [0.29, 0.717) is 24.4 Å². The van der Waals surface area contributed by atoms with Crippen molar-refractivity contribution >= 4 is 33.8 Å². The fraction of sp³-hybridized carbons (Fsp3) is 0.583. The van der Waals surface area contributed by atoms with Gasteiger partial charge in [0.1, 0.15) is 5.70 Å². The van der Waals surface area contributed by atoms with Gasteiger partial charge in [0.15, 0.2) is 0 Å². The van der Waals surface area contributed by atoms with Crippen LogP contribution in [0.5, 0.6) is 0 Å². The van der Waals surface area contributed by atoms with Crippen LogP contribution in [0, 0.1) is 25.7 Å². The first-order chi connectivity index (χ1) is 16.8. The van der Waals surface area contributed by atoms with Gasteiger partial charge in [0.2, 0.25) is 5.91 Å². The number of rotatable bonds is 9. The van der Waals surface area contributed by atoms with Crippen LogP contribution >= 0.6 is 11.8 Å². The SMILES string of the molecule is Cc1ccc(C)c(CN2C[C@@H](SC3=C(C(=O)O)N4C(=O)[C@H]([C@@H](C)O)[C@H]4[C@H]3C)C[C@H]2CNS(N)(=O)=O)c1. The van der Waals surface area contributed by atoms with Crippen LogP contribution in [-0.4, -0.2) is 76.8 Å². The number of nitrogens with one attached hydrogen (secondary N) is 1. The number of amides is 1. The number of aliphatic carboxylic acids is 1. The average Bonchev–Trinajstić information content (AvgIpc) is 3.25. The lowest BCUT2D eigenvalue weighted by molar-refractivity contribution is -0.163. The van der Waals surface area contributed by atoms with Crippen LogP contribution in [0.25, 0.3) is 0 Å². The molecule has 0 unspecified atom stereocenters. The summed E-state index contributed by atoms with van der Waals surface area (Å²) in [5.74, 6) is -2.33. The van der Waals surface area contributed by atoms with E-state index < -0.39 is 28.2 Å². The van der Waals surface area contributed by atoms with Crippen LogP contribution < -0.4 is 9.86 Å². The number of hydrogen-bond acceptors (Lipinski definition) is 7. The number of aliphatic hydroxyl groups excluding tert-OH is 1. The van der Waals surface area contributed by atoms with Crippen molar-refractivity contribution in [1.29, 1.82) is 0 Å². The van der Waals surface area contributed by atoms with E-state index in [1.807, 2.05) is 26.8 Å². The molecule has 6 atom stereocenters. The van der Waals surface area contributed by atoms with Gasteiger partial charge in [0.05, 0.1) is 18.1 Å². The number of carbonyl (C=O) groups is 2. The van der Waals surface area contributed by atoms with Crippen LogP contribution in [0.2, 0.25) is 0 Å². The molecule has 3 aliphatic rings. The highest BCUT2D eigenvalue weighted by molar-refractivity contribution is 8.03. The van der Waals surface area contributed by atoms with Crippen LogP contribution in [-0.2, 0) is 26.3 Å². The molecule has 0 saturated carbocycles. The highest BCUT2D eigenvalue weighted by atomic mass is 32.2. The Balaban J connectivity index is 1.57. The van der Waals surface area contributed by atoms with Gasteiger partial charge < -0.3 is 15.1 Å². The van der Waals surface area contributed by atoms with Crippen molar-refractivity contribution in [3.8, 4) is 0 Å². The largest absolute Gasteiger partial charge is 0.477 e. The number of nitrogens with two attached hydrogens (primary N) is 1. The Hall–Kier alpha value is -1.96. The van der Waals surface area contributed by atoms with E-state index >= 15 is 0 Å². The molecule has 2 saturated heterocycles.